The number of aromatic amines is 1. The van der Waals surface area contributed by atoms with Crippen LogP contribution in [0.3, 0.4) is 0 Å². The van der Waals surface area contributed by atoms with Gasteiger partial charge >= 0.3 is 5.69 Å². The van der Waals surface area contributed by atoms with Crippen molar-refractivity contribution in [1.29, 1.82) is 0 Å². The van der Waals surface area contributed by atoms with E-state index in [0.717, 1.165) is 5.52 Å². The number of nitrogens with zero attached hydrogens (tertiary/aromatic N) is 4. The molecule has 0 saturated carbocycles. The lowest BCUT2D eigenvalue weighted by atomic mass is 10.1. The van der Waals surface area contributed by atoms with E-state index < -0.39 is 0 Å². The molecule has 124 valence electrons. The number of aryl methyl sites for hydroxylation is 1. The second kappa shape index (κ2) is 5.52. The molecule has 1 aliphatic heterocycles. The van der Waals surface area contributed by atoms with Crippen molar-refractivity contribution in [2.75, 3.05) is 13.1 Å². The summed E-state index contributed by atoms with van der Waals surface area (Å²) in [6.07, 6.45) is 3.35. The summed E-state index contributed by atoms with van der Waals surface area (Å²) in [7, 11) is 0. The Morgan fingerprint density at radius 1 is 1.42 bits per heavy atom. The van der Waals surface area contributed by atoms with Gasteiger partial charge in [0, 0.05) is 31.4 Å². The van der Waals surface area contributed by atoms with Gasteiger partial charge in [-0.15, -0.1) is 0 Å². The predicted octanol–water partition coefficient (Wildman–Crippen LogP) is 1.90. The lowest BCUT2D eigenvalue weighted by Crippen LogP contribution is -2.50. The Morgan fingerprint density at radius 2 is 2.21 bits per heavy atom. The van der Waals surface area contributed by atoms with Crippen LogP contribution < -0.4 is 5.69 Å². The summed E-state index contributed by atoms with van der Waals surface area (Å²) >= 11 is 5.87. The van der Waals surface area contributed by atoms with Gasteiger partial charge in [-0.05, 0) is 25.1 Å². The summed E-state index contributed by atoms with van der Waals surface area (Å²) in [5.74, 6) is -0.0449. The molecule has 1 fully saturated rings. The van der Waals surface area contributed by atoms with Crippen LogP contribution >= 0.6 is 11.6 Å². The Morgan fingerprint density at radius 3 is 2.88 bits per heavy atom. The number of carbonyl (C=O) groups is 1. The zero-order chi connectivity index (χ0) is 16.8. The van der Waals surface area contributed by atoms with Crippen LogP contribution in [0.1, 0.15) is 23.3 Å². The second-order valence-corrected chi connectivity index (χ2v) is 6.35. The van der Waals surface area contributed by atoms with E-state index >= 15 is 0 Å². The van der Waals surface area contributed by atoms with Crippen molar-refractivity contribution in [2.45, 2.75) is 19.5 Å². The van der Waals surface area contributed by atoms with Crippen molar-refractivity contribution < 1.29 is 4.79 Å². The van der Waals surface area contributed by atoms with Crippen molar-refractivity contribution >= 4 is 28.5 Å². The van der Waals surface area contributed by atoms with E-state index in [0.29, 0.717) is 35.7 Å². The molecule has 3 heterocycles. The third-order valence-corrected chi connectivity index (χ3v) is 4.63. The normalized spacial score (nSPS) is 15.0. The molecule has 1 saturated heterocycles. The Hall–Kier alpha value is -2.54. The largest absolute Gasteiger partial charge is 0.334 e. The summed E-state index contributed by atoms with van der Waals surface area (Å²) in [5.41, 5.74) is 1.91. The first-order chi connectivity index (χ1) is 11.6. The van der Waals surface area contributed by atoms with Gasteiger partial charge in [-0.1, -0.05) is 11.6 Å². The Bertz CT molecular complexity index is 980. The van der Waals surface area contributed by atoms with E-state index in [2.05, 4.69) is 10.1 Å². The molecule has 0 atom stereocenters. The van der Waals surface area contributed by atoms with E-state index in [1.807, 2.05) is 13.0 Å². The van der Waals surface area contributed by atoms with Crippen LogP contribution in [0.5, 0.6) is 0 Å². The number of H-pyrrole nitrogens is 1. The van der Waals surface area contributed by atoms with Gasteiger partial charge < -0.3 is 9.88 Å². The Kier molecular flexibility index (Phi) is 3.45. The van der Waals surface area contributed by atoms with Crippen LogP contribution in [0.4, 0.5) is 0 Å². The fourth-order valence-electron chi connectivity index (χ4n) is 3.10. The van der Waals surface area contributed by atoms with Crippen LogP contribution in [-0.4, -0.2) is 43.2 Å². The number of imidazole rings is 1. The quantitative estimate of drug-likeness (QED) is 0.787. The molecule has 24 heavy (non-hydrogen) atoms. The van der Waals surface area contributed by atoms with E-state index in [9.17, 15) is 9.59 Å². The highest BCUT2D eigenvalue weighted by Crippen LogP contribution is 2.24. The minimum Gasteiger partial charge on any atom is -0.334 e. The number of likely N-dealkylation sites (tertiary alicyclic amines) is 1. The molecule has 0 aliphatic carbocycles. The van der Waals surface area contributed by atoms with Gasteiger partial charge in [0.15, 0.2) is 0 Å². The van der Waals surface area contributed by atoms with Crippen LogP contribution in [0.25, 0.3) is 11.0 Å². The maximum absolute atomic E-state index is 12.6. The SMILES string of the molecule is CCn1c(=O)[nH]c2cc(C(=O)N3CC(n4cc(Cl)cn4)C3)ccc21. The number of halogens is 1. The number of benzene rings is 1. The molecule has 0 bridgehead atoms. The number of carbonyl (C=O) groups excluding carboxylic acids is 1. The van der Waals surface area contributed by atoms with Crippen LogP contribution in [0.2, 0.25) is 5.02 Å². The van der Waals surface area contributed by atoms with Gasteiger partial charge in [-0.3, -0.25) is 14.0 Å². The summed E-state index contributed by atoms with van der Waals surface area (Å²) in [6.45, 7) is 3.70. The molecular formula is C16H16ClN5O2. The highest BCUT2D eigenvalue weighted by molar-refractivity contribution is 6.30. The van der Waals surface area contributed by atoms with E-state index in [-0.39, 0.29) is 17.6 Å². The molecule has 1 aliphatic rings. The van der Waals surface area contributed by atoms with Crippen LogP contribution in [0.15, 0.2) is 35.4 Å². The summed E-state index contributed by atoms with van der Waals surface area (Å²) < 4.78 is 3.43. The summed E-state index contributed by atoms with van der Waals surface area (Å²) in [6, 6.07) is 5.48. The van der Waals surface area contributed by atoms with Crippen molar-refractivity contribution in [2.24, 2.45) is 0 Å². The van der Waals surface area contributed by atoms with Gasteiger partial charge in [0.25, 0.3) is 5.91 Å². The minimum atomic E-state index is -0.156. The lowest BCUT2D eigenvalue weighted by molar-refractivity contribution is 0.0502. The molecule has 8 heteroatoms. The number of amides is 1. The molecule has 0 spiro atoms. The van der Waals surface area contributed by atoms with Gasteiger partial charge in [-0.2, -0.15) is 5.10 Å². The smallest absolute Gasteiger partial charge is 0.326 e. The van der Waals surface area contributed by atoms with Crippen molar-refractivity contribution in [3.8, 4) is 0 Å². The zero-order valence-electron chi connectivity index (χ0n) is 13.1. The van der Waals surface area contributed by atoms with Gasteiger partial charge in [-0.25, -0.2) is 4.79 Å². The third kappa shape index (κ3) is 2.32. The number of aromatic nitrogens is 4. The molecule has 2 aromatic heterocycles. The van der Waals surface area contributed by atoms with E-state index in [1.54, 1.807) is 38.7 Å². The highest BCUT2D eigenvalue weighted by Gasteiger charge is 2.33. The monoisotopic (exact) mass is 345 g/mol. The fourth-order valence-corrected chi connectivity index (χ4v) is 3.24. The Labute approximate surface area is 142 Å². The third-order valence-electron chi connectivity index (χ3n) is 4.43. The molecule has 1 N–H and O–H groups in total. The first-order valence-electron chi connectivity index (χ1n) is 7.78. The molecule has 1 amide bonds. The average Bonchev–Trinajstić information content (AvgIpc) is 3.07. The lowest BCUT2D eigenvalue weighted by Gasteiger charge is -2.39. The first kappa shape index (κ1) is 15.0. The number of nitrogens with one attached hydrogen (secondary N) is 1. The maximum Gasteiger partial charge on any atom is 0.326 e. The first-order valence-corrected chi connectivity index (χ1v) is 8.16. The fraction of sp³-hybridized carbons (Fsp3) is 0.312. The Balaban J connectivity index is 1.53. The van der Waals surface area contributed by atoms with Crippen LogP contribution in [0, 0.1) is 0 Å². The standard InChI is InChI=1S/C16H16ClN5O2/c1-2-21-14-4-3-10(5-13(14)19-16(21)24)15(23)20-8-12(9-20)22-7-11(17)6-18-22/h3-7,12H,2,8-9H2,1H3,(H,19,24). The van der Waals surface area contributed by atoms with Crippen molar-refractivity contribution in [3.63, 3.8) is 0 Å². The molecule has 0 unspecified atom stereocenters. The van der Waals surface area contributed by atoms with E-state index in [1.165, 1.54) is 0 Å². The summed E-state index contributed by atoms with van der Waals surface area (Å²) in [4.78, 5) is 29.0. The van der Waals surface area contributed by atoms with Crippen molar-refractivity contribution in [1.82, 2.24) is 24.2 Å². The number of rotatable bonds is 3. The highest BCUT2D eigenvalue weighted by atomic mass is 35.5. The number of hydrogen-bond acceptors (Lipinski definition) is 3. The average molecular weight is 346 g/mol. The second-order valence-electron chi connectivity index (χ2n) is 5.91. The van der Waals surface area contributed by atoms with Gasteiger partial charge in [0.2, 0.25) is 0 Å². The topological polar surface area (TPSA) is 75.9 Å². The predicted molar refractivity (Wildman–Crippen MR) is 90.4 cm³/mol. The van der Waals surface area contributed by atoms with Crippen LogP contribution in [-0.2, 0) is 6.54 Å². The van der Waals surface area contributed by atoms with Gasteiger partial charge in [0.05, 0.1) is 28.3 Å². The van der Waals surface area contributed by atoms with Gasteiger partial charge in [0.1, 0.15) is 0 Å². The number of fused-ring (bicyclic) bond motifs is 1. The summed E-state index contributed by atoms with van der Waals surface area (Å²) in [5, 5.41) is 4.76. The molecule has 4 rings (SSSR count). The molecule has 7 nitrogen and oxygen atoms in total. The minimum absolute atomic E-state index is 0.0449. The molecule has 3 aromatic rings. The molecule has 1 aromatic carbocycles. The molecular weight excluding hydrogens is 330 g/mol. The van der Waals surface area contributed by atoms with E-state index in [4.69, 9.17) is 11.6 Å². The maximum atomic E-state index is 12.6. The number of hydrogen-bond donors (Lipinski definition) is 1. The van der Waals surface area contributed by atoms with Crippen molar-refractivity contribution in [3.05, 3.63) is 51.7 Å². The zero-order valence-corrected chi connectivity index (χ0v) is 13.8. The molecule has 0 radical (unpaired) electrons.